The van der Waals surface area contributed by atoms with E-state index in [-0.39, 0.29) is 56.5 Å². The lowest BCUT2D eigenvalue weighted by atomic mass is 9.99. The molecule has 6 rings (SSSR count). The minimum atomic E-state index is -0.787. The van der Waals surface area contributed by atoms with Crippen LogP contribution in [0.5, 0.6) is 0 Å². The Kier molecular flexibility index (Phi) is 11.0. The van der Waals surface area contributed by atoms with Crippen LogP contribution in [0.3, 0.4) is 0 Å². The lowest BCUT2D eigenvalue weighted by Crippen LogP contribution is -2.23. The second-order valence-electron chi connectivity index (χ2n) is 10.4. The maximum Gasteiger partial charge on any atom is 0.269 e. The molecule has 0 bridgehead atoms. The summed E-state index contributed by atoms with van der Waals surface area (Å²) in [6.45, 7) is 3.86. The van der Waals surface area contributed by atoms with Gasteiger partial charge in [0, 0.05) is 53.8 Å². The van der Waals surface area contributed by atoms with Crippen molar-refractivity contribution in [2.75, 3.05) is 0 Å². The Morgan fingerprint density at radius 1 is 0.571 bits per heavy atom. The molecule has 0 saturated heterocycles. The molecule has 4 heterocycles. The van der Waals surface area contributed by atoms with Crippen molar-refractivity contribution >= 4 is 34.8 Å². The second kappa shape index (κ2) is 15.2. The van der Waals surface area contributed by atoms with Crippen LogP contribution in [0.2, 0.25) is 15.3 Å². The van der Waals surface area contributed by atoms with Gasteiger partial charge in [0.05, 0.1) is 22.5 Å². The van der Waals surface area contributed by atoms with Gasteiger partial charge in [0.15, 0.2) is 0 Å². The van der Waals surface area contributed by atoms with Gasteiger partial charge in [-0.25, -0.2) is 27.5 Å². The molecule has 0 unspecified atom stereocenters. The van der Waals surface area contributed by atoms with E-state index in [4.69, 9.17) is 34.8 Å². The molecule has 49 heavy (non-hydrogen) atoms. The summed E-state index contributed by atoms with van der Waals surface area (Å²) < 4.78 is 60.2. The summed E-state index contributed by atoms with van der Waals surface area (Å²) in [6, 6.07) is 18.0. The average Bonchev–Trinajstić information content (AvgIpc) is 3.07. The Balaban J connectivity index is 0.000000191. The van der Waals surface area contributed by atoms with Crippen molar-refractivity contribution in [1.29, 1.82) is 0 Å². The van der Waals surface area contributed by atoms with Crippen LogP contribution in [-0.2, 0) is 13.1 Å². The van der Waals surface area contributed by atoms with Gasteiger partial charge in [-0.15, -0.1) is 0 Å². The van der Waals surface area contributed by atoms with Gasteiger partial charge in [0.25, 0.3) is 11.1 Å². The van der Waals surface area contributed by atoms with Crippen LogP contribution in [0.15, 0.2) is 101 Å². The van der Waals surface area contributed by atoms with Crippen molar-refractivity contribution in [2.24, 2.45) is 0 Å². The van der Waals surface area contributed by atoms with Crippen molar-refractivity contribution in [3.8, 4) is 44.8 Å². The molecule has 250 valence electrons. The van der Waals surface area contributed by atoms with Crippen LogP contribution >= 0.6 is 34.8 Å². The third-order valence-electron chi connectivity index (χ3n) is 7.56. The molecule has 6 aromatic rings. The number of hydrogen-bond acceptors (Lipinski definition) is 4. The molecule has 13 heteroatoms. The molecule has 4 aromatic heterocycles. The molecule has 0 fully saturated rings. The largest absolute Gasteiger partial charge is 0.308 e. The van der Waals surface area contributed by atoms with Crippen molar-refractivity contribution in [1.82, 2.24) is 19.1 Å². The van der Waals surface area contributed by atoms with Gasteiger partial charge in [-0.1, -0.05) is 46.9 Å². The van der Waals surface area contributed by atoms with Crippen LogP contribution in [0.1, 0.15) is 13.8 Å². The first-order valence-corrected chi connectivity index (χ1v) is 15.9. The van der Waals surface area contributed by atoms with E-state index < -0.39 is 28.8 Å². The van der Waals surface area contributed by atoms with Crippen molar-refractivity contribution in [3.05, 3.63) is 151 Å². The fourth-order valence-electron chi connectivity index (χ4n) is 5.41. The molecule has 0 radical (unpaired) electrons. The Labute approximate surface area is 292 Å². The number of aromatic nitrogens is 4. The van der Waals surface area contributed by atoms with Crippen LogP contribution in [0.25, 0.3) is 44.8 Å². The first-order valence-electron chi connectivity index (χ1n) is 14.8. The van der Waals surface area contributed by atoms with Gasteiger partial charge >= 0.3 is 0 Å². The predicted molar refractivity (Wildman–Crippen MR) is 185 cm³/mol. The second-order valence-corrected chi connectivity index (χ2v) is 11.5. The quantitative estimate of drug-likeness (QED) is 0.127. The van der Waals surface area contributed by atoms with Gasteiger partial charge in [0.1, 0.15) is 38.6 Å². The Morgan fingerprint density at radius 2 is 1.02 bits per heavy atom. The third-order valence-corrected chi connectivity index (χ3v) is 8.43. The number of benzene rings is 2. The number of rotatable bonds is 6. The molecular weight excluding hydrogens is 703 g/mol. The summed E-state index contributed by atoms with van der Waals surface area (Å²) >= 11 is 18.4. The van der Waals surface area contributed by atoms with Crippen LogP contribution < -0.4 is 11.1 Å². The highest BCUT2D eigenvalue weighted by Crippen LogP contribution is 2.39. The minimum Gasteiger partial charge on any atom is -0.308 e. The molecule has 6 nitrogen and oxygen atoms in total. The smallest absolute Gasteiger partial charge is 0.269 e. The van der Waals surface area contributed by atoms with Crippen molar-refractivity contribution in [3.63, 3.8) is 0 Å². The summed E-state index contributed by atoms with van der Waals surface area (Å²) in [6.07, 6.45) is 3.01. The number of pyridine rings is 4. The molecule has 2 aromatic carbocycles. The van der Waals surface area contributed by atoms with Gasteiger partial charge in [-0.3, -0.25) is 9.59 Å². The average molecular weight is 728 g/mol. The van der Waals surface area contributed by atoms with E-state index in [9.17, 15) is 27.2 Å². The van der Waals surface area contributed by atoms with E-state index in [2.05, 4.69) is 9.97 Å². The SMILES string of the molecule is CCn1c(-c2c(F)cccc2F)c(-c2cccnc2Cl)cc(Cl)c1=O.CCn1c(-c2c(F)cccc2F)c(-c2cccnc2Cl)ccc1=O. The zero-order valence-corrected chi connectivity index (χ0v) is 28.1. The predicted octanol–water partition coefficient (Wildman–Crippen LogP) is 9.71. The summed E-state index contributed by atoms with van der Waals surface area (Å²) in [5.74, 6) is -3.07. The van der Waals surface area contributed by atoms with E-state index >= 15 is 0 Å². The zero-order valence-electron chi connectivity index (χ0n) is 25.8. The summed E-state index contributed by atoms with van der Waals surface area (Å²) in [4.78, 5) is 32.6. The number of halogens is 7. The molecule has 0 atom stereocenters. The van der Waals surface area contributed by atoms with Crippen LogP contribution in [0, 0.1) is 23.3 Å². The molecule has 0 N–H and O–H groups in total. The molecule has 0 aliphatic rings. The van der Waals surface area contributed by atoms with Crippen molar-refractivity contribution in [2.45, 2.75) is 26.9 Å². The standard InChI is InChI=1S/C18H12Cl2F2N2O.C18H13ClF2N2O/c1-2-24-16(15-13(21)6-3-7-14(15)22)11(9-12(19)18(24)25)10-5-4-8-23-17(10)20;1-2-23-15(24)9-8-11(12-5-4-10-22-18(12)19)17(23)16-13(20)6-3-7-14(16)21/h3-9H,2H2,1H3;3-10H,2H2,1H3. The lowest BCUT2D eigenvalue weighted by molar-refractivity contribution is 0.583. The van der Waals surface area contributed by atoms with E-state index in [1.165, 1.54) is 51.9 Å². The Bertz CT molecular complexity index is 2270. The molecule has 0 saturated carbocycles. The van der Waals surface area contributed by atoms with Gasteiger partial charge < -0.3 is 9.13 Å². The van der Waals surface area contributed by atoms with E-state index in [0.717, 1.165) is 24.3 Å². The van der Waals surface area contributed by atoms with Crippen LogP contribution in [0.4, 0.5) is 17.6 Å². The molecule has 0 aliphatic carbocycles. The molecule has 0 spiro atoms. The van der Waals surface area contributed by atoms with Gasteiger partial charge in [-0.2, -0.15) is 0 Å². The molecular formula is C36H25Cl3F4N4O2. The fraction of sp³-hybridized carbons (Fsp3) is 0.111. The third kappa shape index (κ3) is 7.03. The maximum atomic E-state index is 14.4. The van der Waals surface area contributed by atoms with E-state index in [1.54, 1.807) is 38.1 Å². The topological polar surface area (TPSA) is 69.8 Å². The monoisotopic (exact) mass is 726 g/mol. The number of nitrogens with zero attached hydrogens (tertiary/aromatic N) is 4. The lowest BCUT2D eigenvalue weighted by Gasteiger charge is -2.18. The highest BCUT2D eigenvalue weighted by Gasteiger charge is 2.24. The van der Waals surface area contributed by atoms with E-state index in [1.807, 2.05) is 0 Å². The van der Waals surface area contributed by atoms with Crippen molar-refractivity contribution < 1.29 is 17.6 Å². The summed E-state index contributed by atoms with van der Waals surface area (Å²) in [5.41, 5.74) is 0.458. The summed E-state index contributed by atoms with van der Waals surface area (Å²) in [5, 5.41) is 0.256. The molecule has 0 amide bonds. The zero-order chi connectivity index (χ0) is 35.4. The normalized spacial score (nSPS) is 10.9. The van der Waals surface area contributed by atoms with Gasteiger partial charge in [-0.05, 0) is 74.5 Å². The highest BCUT2D eigenvalue weighted by atomic mass is 35.5. The molecule has 0 aliphatic heterocycles. The Hall–Kier alpha value is -4.77. The number of hydrogen-bond donors (Lipinski definition) is 0. The first-order chi connectivity index (χ1) is 23.5. The Morgan fingerprint density at radius 3 is 1.47 bits per heavy atom. The minimum absolute atomic E-state index is 0.0717. The first kappa shape index (κ1) is 35.5. The summed E-state index contributed by atoms with van der Waals surface area (Å²) in [7, 11) is 0. The fourth-order valence-corrected chi connectivity index (χ4v) is 6.06. The van der Waals surface area contributed by atoms with Crippen LogP contribution in [-0.4, -0.2) is 19.1 Å². The highest BCUT2D eigenvalue weighted by molar-refractivity contribution is 6.33. The van der Waals surface area contributed by atoms with Gasteiger partial charge in [0.2, 0.25) is 0 Å². The maximum absolute atomic E-state index is 14.4. The van der Waals surface area contributed by atoms with E-state index in [0.29, 0.717) is 22.3 Å².